The van der Waals surface area contributed by atoms with Gasteiger partial charge in [0.15, 0.2) is 0 Å². The highest BCUT2D eigenvalue weighted by Gasteiger charge is 2.20. The Morgan fingerprint density at radius 3 is 2.62 bits per heavy atom. The van der Waals surface area contributed by atoms with E-state index in [4.69, 9.17) is 0 Å². The second-order valence-electron chi connectivity index (χ2n) is 4.76. The highest BCUT2D eigenvalue weighted by molar-refractivity contribution is 5.92. The van der Waals surface area contributed by atoms with Gasteiger partial charge in [0.1, 0.15) is 6.04 Å². The number of amides is 1. The van der Waals surface area contributed by atoms with E-state index in [0.717, 1.165) is 5.56 Å². The number of carbonyl (C=O) groups is 1. The zero-order valence-electron chi connectivity index (χ0n) is 11.4. The summed E-state index contributed by atoms with van der Waals surface area (Å²) < 4.78 is 1.91. The number of aromatic nitrogens is 3. The zero-order valence-corrected chi connectivity index (χ0v) is 11.4. The number of nitrogens with one attached hydrogen (secondary N) is 2. The highest BCUT2D eigenvalue weighted by atomic mass is 16.2. The van der Waals surface area contributed by atoms with Gasteiger partial charge in [0.05, 0.1) is 0 Å². The van der Waals surface area contributed by atoms with Crippen molar-refractivity contribution in [2.75, 3.05) is 5.32 Å². The van der Waals surface area contributed by atoms with E-state index in [0.29, 0.717) is 12.4 Å². The third kappa shape index (κ3) is 3.20. The minimum atomic E-state index is -0.313. The van der Waals surface area contributed by atoms with Gasteiger partial charge in [-0.15, -0.1) is 0 Å². The molecule has 0 unspecified atom stereocenters. The number of hydrogen-bond donors (Lipinski definition) is 2. The standard InChI is InChI=1S/C16H16N4O/c21-15(19-16-17-8-9-18-16)14(20-10-4-5-11-20)12-13-6-2-1-3-7-13/h1-11,14H,12H2,(H2,17,18,19,21)/t14-/m0/s1. The second kappa shape index (κ2) is 6.09. The van der Waals surface area contributed by atoms with Gasteiger partial charge in [0, 0.05) is 31.2 Å². The van der Waals surface area contributed by atoms with Crippen LogP contribution < -0.4 is 5.32 Å². The average Bonchev–Trinajstić information content (AvgIpc) is 3.19. The Morgan fingerprint density at radius 1 is 1.19 bits per heavy atom. The predicted octanol–water partition coefficient (Wildman–Crippen LogP) is 2.63. The van der Waals surface area contributed by atoms with Crippen LogP contribution in [0.4, 0.5) is 5.95 Å². The van der Waals surface area contributed by atoms with Crippen molar-refractivity contribution in [3.05, 3.63) is 72.8 Å². The minimum Gasteiger partial charge on any atom is -0.342 e. The normalized spacial score (nSPS) is 12.0. The van der Waals surface area contributed by atoms with Crippen molar-refractivity contribution in [3.8, 4) is 0 Å². The summed E-state index contributed by atoms with van der Waals surface area (Å²) in [4.78, 5) is 19.4. The zero-order chi connectivity index (χ0) is 14.5. The van der Waals surface area contributed by atoms with E-state index in [1.54, 1.807) is 12.4 Å². The van der Waals surface area contributed by atoms with Crippen LogP contribution in [0.5, 0.6) is 0 Å². The van der Waals surface area contributed by atoms with Crippen LogP contribution in [-0.2, 0) is 11.2 Å². The number of benzene rings is 1. The summed E-state index contributed by atoms with van der Waals surface area (Å²) in [5.41, 5.74) is 1.12. The number of aromatic amines is 1. The molecule has 0 bridgehead atoms. The van der Waals surface area contributed by atoms with Crippen LogP contribution >= 0.6 is 0 Å². The maximum absolute atomic E-state index is 12.5. The quantitative estimate of drug-likeness (QED) is 0.754. The molecular formula is C16H16N4O. The van der Waals surface area contributed by atoms with Gasteiger partial charge in [-0.05, 0) is 17.7 Å². The molecule has 2 aromatic heterocycles. The molecular weight excluding hydrogens is 264 g/mol. The monoisotopic (exact) mass is 280 g/mol. The molecule has 21 heavy (non-hydrogen) atoms. The van der Waals surface area contributed by atoms with Crippen molar-refractivity contribution >= 4 is 11.9 Å². The lowest BCUT2D eigenvalue weighted by molar-refractivity contribution is -0.119. The maximum Gasteiger partial charge on any atom is 0.250 e. The summed E-state index contributed by atoms with van der Waals surface area (Å²) in [6.07, 6.45) is 7.71. The number of rotatable bonds is 5. The predicted molar refractivity (Wildman–Crippen MR) is 80.8 cm³/mol. The van der Waals surface area contributed by atoms with Crippen molar-refractivity contribution in [1.29, 1.82) is 0 Å². The van der Waals surface area contributed by atoms with Crippen LogP contribution in [0.2, 0.25) is 0 Å². The Balaban J connectivity index is 1.81. The lowest BCUT2D eigenvalue weighted by Crippen LogP contribution is -2.27. The molecule has 0 saturated carbocycles. The first kappa shape index (κ1) is 13.2. The smallest absolute Gasteiger partial charge is 0.250 e. The molecule has 5 heteroatoms. The van der Waals surface area contributed by atoms with Gasteiger partial charge < -0.3 is 9.55 Å². The Labute approximate surface area is 122 Å². The van der Waals surface area contributed by atoms with E-state index in [1.807, 2.05) is 59.4 Å². The molecule has 0 spiro atoms. The number of hydrogen-bond acceptors (Lipinski definition) is 2. The summed E-state index contributed by atoms with van der Waals surface area (Å²) in [5, 5.41) is 2.80. The van der Waals surface area contributed by atoms with Crippen molar-refractivity contribution in [1.82, 2.24) is 14.5 Å². The molecule has 0 radical (unpaired) electrons. The molecule has 0 saturated heterocycles. The molecule has 1 aromatic carbocycles. The molecule has 5 nitrogen and oxygen atoms in total. The van der Waals surface area contributed by atoms with Gasteiger partial charge in [-0.2, -0.15) is 0 Å². The highest BCUT2D eigenvalue weighted by Crippen LogP contribution is 2.16. The molecule has 1 atom stereocenters. The molecule has 0 aliphatic rings. The molecule has 0 fully saturated rings. The average molecular weight is 280 g/mol. The minimum absolute atomic E-state index is 0.0926. The molecule has 2 heterocycles. The molecule has 0 aliphatic carbocycles. The van der Waals surface area contributed by atoms with Crippen LogP contribution in [0.25, 0.3) is 0 Å². The van der Waals surface area contributed by atoms with Gasteiger partial charge in [0.25, 0.3) is 0 Å². The van der Waals surface area contributed by atoms with Crippen molar-refractivity contribution < 1.29 is 4.79 Å². The molecule has 0 aliphatic heterocycles. The van der Waals surface area contributed by atoms with E-state index in [1.165, 1.54) is 0 Å². The number of nitrogens with zero attached hydrogens (tertiary/aromatic N) is 2. The van der Waals surface area contributed by atoms with Crippen molar-refractivity contribution in [3.63, 3.8) is 0 Å². The largest absolute Gasteiger partial charge is 0.342 e. The van der Waals surface area contributed by atoms with E-state index < -0.39 is 0 Å². The Hall–Kier alpha value is -2.82. The lowest BCUT2D eigenvalue weighted by atomic mass is 10.1. The topological polar surface area (TPSA) is 62.7 Å². The third-order valence-electron chi connectivity index (χ3n) is 3.30. The summed E-state index contributed by atoms with van der Waals surface area (Å²) >= 11 is 0. The fourth-order valence-electron chi connectivity index (χ4n) is 2.26. The van der Waals surface area contributed by atoms with E-state index in [-0.39, 0.29) is 11.9 Å². The van der Waals surface area contributed by atoms with Gasteiger partial charge >= 0.3 is 0 Å². The first-order valence-corrected chi connectivity index (χ1v) is 6.79. The van der Waals surface area contributed by atoms with Crippen LogP contribution in [0.15, 0.2) is 67.3 Å². The van der Waals surface area contributed by atoms with Crippen molar-refractivity contribution in [2.24, 2.45) is 0 Å². The molecule has 1 amide bonds. The lowest BCUT2D eigenvalue weighted by Gasteiger charge is -2.18. The Bertz CT molecular complexity index is 674. The molecule has 2 N–H and O–H groups in total. The first-order chi connectivity index (χ1) is 10.3. The third-order valence-corrected chi connectivity index (χ3v) is 3.30. The van der Waals surface area contributed by atoms with Crippen LogP contribution in [0.3, 0.4) is 0 Å². The summed E-state index contributed by atoms with van der Waals surface area (Å²) in [5.74, 6) is 0.371. The summed E-state index contributed by atoms with van der Waals surface area (Å²) in [6, 6.07) is 13.5. The van der Waals surface area contributed by atoms with Crippen LogP contribution in [-0.4, -0.2) is 20.4 Å². The fraction of sp³-hybridized carbons (Fsp3) is 0.125. The fourth-order valence-corrected chi connectivity index (χ4v) is 2.26. The van der Waals surface area contributed by atoms with Crippen LogP contribution in [0, 0.1) is 0 Å². The molecule has 106 valence electrons. The van der Waals surface area contributed by atoms with E-state index in [9.17, 15) is 4.79 Å². The SMILES string of the molecule is O=C(Nc1ncc[nH]1)[C@H](Cc1ccccc1)n1cccc1. The number of carbonyl (C=O) groups excluding carboxylic acids is 1. The van der Waals surface area contributed by atoms with E-state index >= 15 is 0 Å². The summed E-state index contributed by atoms with van der Waals surface area (Å²) in [6.45, 7) is 0. The van der Waals surface area contributed by atoms with E-state index in [2.05, 4.69) is 15.3 Å². The molecule has 3 rings (SSSR count). The summed E-state index contributed by atoms with van der Waals surface area (Å²) in [7, 11) is 0. The van der Waals surface area contributed by atoms with Gasteiger partial charge in [0.2, 0.25) is 11.9 Å². The van der Waals surface area contributed by atoms with Gasteiger partial charge in [-0.3, -0.25) is 10.1 Å². The number of H-pyrrole nitrogens is 1. The van der Waals surface area contributed by atoms with Crippen molar-refractivity contribution in [2.45, 2.75) is 12.5 Å². The van der Waals surface area contributed by atoms with Gasteiger partial charge in [-0.25, -0.2) is 4.98 Å². The number of anilines is 1. The Morgan fingerprint density at radius 2 is 1.95 bits per heavy atom. The van der Waals surface area contributed by atoms with Gasteiger partial charge in [-0.1, -0.05) is 30.3 Å². The maximum atomic E-state index is 12.5. The number of imidazole rings is 1. The molecule has 3 aromatic rings. The first-order valence-electron chi connectivity index (χ1n) is 6.79. The van der Waals surface area contributed by atoms with Crippen LogP contribution in [0.1, 0.15) is 11.6 Å². The Kier molecular flexibility index (Phi) is 3.82. The second-order valence-corrected chi connectivity index (χ2v) is 4.76.